The van der Waals surface area contributed by atoms with E-state index in [9.17, 15) is 9.59 Å². The molecule has 0 fully saturated rings. The van der Waals surface area contributed by atoms with Gasteiger partial charge in [-0.15, -0.1) is 0 Å². The average molecular weight is 339 g/mol. The van der Waals surface area contributed by atoms with Crippen molar-refractivity contribution in [3.8, 4) is 0 Å². The number of amides is 2. The quantitative estimate of drug-likeness (QED) is 0.724. The van der Waals surface area contributed by atoms with Gasteiger partial charge in [0.2, 0.25) is 5.91 Å². The molecule has 0 aliphatic heterocycles. The molecule has 0 aromatic heterocycles. The Morgan fingerprint density at radius 2 is 1.76 bits per heavy atom. The number of carbonyl (C=O) groups is 2. The summed E-state index contributed by atoms with van der Waals surface area (Å²) in [7, 11) is 0. The minimum Gasteiger partial charge on any atom is -0.350 e. The first kappa shape index (κ1) is 18.7. The Balaban J connectivity index is 1.98. The molecule has 0 aliphatic carbocycles. The molecule has 5 heteroatoms. The van der Waals surface area contributed by atoms with Gasteiger partial charge in [0.25, 0.3) is 5.91 Å². The predicted octanol–water partition coefficient (Wildman–Crippen LogP) is 3.24. The van der Waals surface area contributed by atoms with Gasteiger partial charge >= 0.3 is 0 Å². The number of carbonyl (C=O) groups excluding carboxylic acids is 2. The first-order chi connectivity index (χ1) is 12.0. The van der Waals surface area contributed by atoms with Crippen LogP contribution in [0.1, 0.15) is 48.7 Å². The number of nitrogens with one attached hydrogen (secondary N) is 2. The van der Waals surface area contributed by atoms with Gasteiger partial charge in [0.15, 0.2) is 0 Å². The topological polar surface area (TPSA) is 84.2 Å². The first-order valence-corrected chi connectivity index (χ1v) is 8.47. The largest absolute Gasteiger partial charge is 0.350 e. The lowest BCUT2D eigenvalue weighted by atomic mass is 10.1. The molecule has 2 amide bonds. The van der Waals surface area contributed by atoms with Gasteiger partial charge in [-0.2, -0.15) is 0 Å². The molecule has 2 aromatic carbocycles. The van der Waals surface area contributed by atoms with Gasteiger partial charge in [-0.25, -0.2) is 0 Å². The molecule has 2 atom stereocenters. The van der Waals surface area contributed by atoms with Crippen LogP contribution in [-0.2, 0) is 4.79 Å². The van der Waals surface area contributed by atoms with E-state index in [1.165, 1.54) is 0 Å². The molecule has 2 unspecified atom stereocenters. The molecule has 2 rings (SSSR count). The summed E-state index contributed by atoms with van der Waals surface area (Å²) in [5.74, 6) is -0.185. The Morgan fingerprint density at radius 3 is 2.44 bits per heavy atom. The molecule has 0 aliphatic rings. The van der Waals surface area contributed by atoms with E-state index >= 15 is 0 Å². The van der Waals surface area contributed by atoms with Crippen LogP contribution in [0, 0.1) is 0 Å². The van der Waals surface area contributed by atoms with Crippen molar-refractivity contribution in [1.29, 1.82) is 0 Å². The molecular formula is C20H25N3O2. The van der Waals surface area contributed by atoms with Gasteiger partial charge in [-0.05, 0) is 50.1 Å². The lowest BCUT2D eigenvalue weighted by Crippen LogP contribution is -2.28. The molecule has 25 heavy (non-hydrogen) atoms. The Bertz CT molecular complexity index is 714. The van der Waals surface area contributed by atoms with Crippen molar-refractivity contribution < 1.29 is 9.59 Å². The van der Waals surface area contributed by atoms with E-state index in [4.69, 9.17) is 5.73 Å². The zero-order chi connectivity index (χ0) is 18.2. The average Bonchev–Trinajstić information content (AvgIpc) is 2.61. The van der Waals surface area contributed by atoms with Gasteiger partial charge in [0, 0.05) is 23.7 Å². The van der Waals surface area contributed by atoms with E-state index in [-0.39, 0.29) is 23.9 Å². The van der Waals surface area contributed by atoms with Crippen molar-refractivity contribution in [1.82, 2.24) is 5.32 Å². The summed E-state index contributed by atoms with van der Waals surface area (Å²) < 4.78 is 0. The maximum absolute atomic E-state index is 12.2. The summed E-state index contributed by atoms with van der Waals surface area (Å²) >= 11 is 0. The van der Waals surface area contributed by atoms with Crippen LogP contribution in [0.3, 0.4) is 0 Å². The molecule has 0 radical (unpaired) electrons. The van der Waals surface area contributed by atoms with Gasteiger partial charge in [-0.3, -0.25) is 9.59 Å². The molecule has 2 aromatic rings. The fraction of sp³-hybridized carbons (Fsp3) is 0.300. The highest BCUT2D eigenvalue weighted by atomic mass is 16.2. The van der Waals surface area contributed by atoms with Crippen LogP contribution in [0.15, 0.2) is 54.6 Å². The molecule has 0 heterocycles. The number of hydrogen-bond acceptors (Lipinski definition) is 3. The molecule has 0 saturated heterocycles. The Hall–Kier alpha value is -2.66. The van der Waals surface area contributed by atoms with Crippen LogP contribution in [-0.4, -0.2) is 17.9 Å². The Kier molecular flexibility index (Phi) is 6.71. The normalized spacial score (nSPS) is 12.9. The fourth-order valence-electron chi connectivity index (χ4n) is 2.43. The number of hydrogen-bond donors (Lipinski definition) is 3. The molecule has 5 nitrogen and oxygen atoms in total. The van der Waals surface area contributed by atoms with E-state index in [2.05, 4.69) is 10.6 Å². The molecule has 132 valence electrons. The van der Waals surface area contributed by atoms with E-state index in [1.807, 2.05) is 56.3 Å². The van der Waals surface area contributed by atoms with Crippen molar-refractivity contribution >= 4 is 17.5 Å². The van der Waals surface area contributed by atoms with Crippen LogP contribution in [0.5, 0.6) is 0 Å². The van der Waals surface area contributed by atoms with E-state index in [0.717, 1.165) is 5.56 Å². The monoisotopic (exact) mass is 339 g/mol. The second kappa shape index (κ2) is 8.99. The van der Waals surface area contributed by atoms with Crippen molar-refractivity contribution in [2.45, 2.75) is 38.8 Å². The summed E-state index contributed by atoms with van der Waals surface area (Å²) in [6.45, 7) is 3.80. The summed E-state index contributed by atoms with van der Waals surface area (Å²) in [6, 6.07) is 16.4. The maximum atomic E-state index is 12.2. The summed E-state index contributed by atoms with van der Waals surface area (Å²) in [5, 5.41) is 5.84. The van der Waals surface area contributed by atoms with E-state index < -0.39 is 0 Å². The van der Waals surface area contributed by atoms with Gasteiger partial charge in [-0.1, -0.05) is 30.3 Å². The standard InChI is InChI=1S/C20H25N3O2/c1-14(21)11-12-19(24)22-15(2)17-9-6-10-18(13-17)23-20(25)16-7-4-3-5-8-16/h3-10,13-15H,11-12,21H2,1-2H3,(H,22,24)(H,23,25). The van der Waals surface area contributed by atoms with Crippen LogP contribution < -0.4 is 16.4 Å². The smallest absolute Gasteiger partial charge is 0.255 e. The first-order valence-electron chi connectivity index (χ1n) is 8.47. The molecule has 4 N–H and O–H groups in total. The van der Waals surface area contributed by atoms with Crippen LogP contribution in [0.25, 0.3) is 0 Å². The molecular weight excluding hydrogens is 314 g/mol. The van der Waals surface area contributed by atoms with Crippen LogP contribution >= 0.6 is 0 Å². The Labute approximate surface area is 148 Å². The molecule has 0 bridgehead atoms. The minimum absolute atomic E-state index is 0.0117. The van der Waals surface area contributed by atoms with Crippen LogP contribution in [0.2, 0.25) is 0 Å². The zero-order valence-electron chi connectivity index (χ0n) is 14.7. The second-order valence-corrected chi connectivity index (χ2v) is 6.25. The lowest BCUT2D eigenvalue weighted by molar-refractivity contribution is -0.121. The van der Waals surface area contributed by atoms with Crippen LogP contribution in [0.4, 0.5) is 5.69 Å². The van der Waals surface area contributed by atoms with Crippen molar-refractivity contribution in [3.05, 3.63) is 65.7 Å². The number of anilines is 1. The number of rotatable bonds is 7. The Morgan fingerprint density at radius 1 is 1.04 bits per heavy atom. The summed E-state index contributed by atoms with van der Waals surface area (Å²) in [6.07, 6.45) is 1.07. The highest BCUT2D eigenvalue weighted by Gasteiger charge is 2.12. The van der Waals surface area contributed by atoms with Gasteiger partial charge in [0.05, 0.1) is 6.04 Å². The predicted molar refractivity (Wildman–Crippen MR) is 100 cm³/mol. The maximum Gasteiger partial charge on any atom is 0.255 e. The van der Waals surface area contributed by atoms with Gasteiger partial charge in [0.1, 0.15) is 0 Å². The van der Waals surface area contributed by atoms with E-state index in [1.54, 1.807) is 12.1 Å². The third kappa shape index (κ3) is 6.04. The second-order valence-electron chi connectivity index (χ2n) is 6.25. The van der Waals surface area contributed by atoms with Crippen molar-refractivity contribution in [2.75, 3.05) is 5.32 Å². The third-order valence-corrected chi connectivity index (χ3v) is 3.88. The highest BCUT2D eigenvalue weighted by molar-refractivity contribution is 6.04. The molecule has 0 spiro atoms. The SMILES string of the molecule is CC(N)CCC(=O)NC(C)c1cccc(NC(=O)c2ccccc2)c1. The summed E-state index contributed by atoms with van der Waals surface area (Å²) in [5.41, 5.74) is 7.91. The highest BCUT2D eigenvalue weighted by Crippen LogP contribution is 2.18. The lowest BCUT2D eigenvalue weighted by Gasteiger charge is -2.16. The zero-order valence-corrected chi connectivity index (χ0v) is 14.7. The number of benzene rings is 2. The summed E-state index contributed by atoms with van der Waals surface area (Å²) in [4.78, 5) is 24.2. The van der Waals surface area contributed by atoms with Crippen molar-refractivity contribution in [3.63, 3.8) is 0 Å². The molecule has 0 saturated carbocycles. The third-order valence-electron chi connectivity index (χ3n) is 3.88. The number of nitrogens with two attached hydrogens (primary N) is 1. The van der Waals surface area contributed by atoms with Crippen molar-refractivity contribution in [2.24, 2.45) is 5.73 Å². The van der Waals surface area contributed by atoms with Gasteiger partial charge < -0.3 is 16.4 Å². The minimum atomic E-state index is -0.161. The van der Waals surface area contributed by atoms with E-state index in [0.29, 0.717) is 24.1 Å². The fourth-order valence-corrected chi connectivity index (χ4v) is 2.43.